The van der Waals surface area contributed by atoms with E-state index in [1.807, 2.05) is 37.3 Å². The van der Waals surface area contributed by atoms with E-state index in [-0.39, 0.29) is 0 Å². The van der Waals surface area contributed by atoms with Gasteiger partial charge >= 0.3 is 0 Å². The molecule has 0 radical (unpaired) electrons. The lowest BCUT2D eigenvalue weighted by atomic mass is 9.98. The summed E-state index contributed by atoms with van der Waals surface area (Å²) < 4.78 is 0. The van der Waals surface area contributed by atoms with E-state index in [0.717, 1.165) is 21.8 Å². The van der Waals surface area contributed by atoms with Crippen molar-refractivity contribution >= 4 is 17.3 Å². The van der Waals surface area contributed by atoms with Gasteiger partial charge in [-0.1, -0.05) is 29.8 Å². The minimum absolute atomic E-state index is 0.751. The Morgan fingerprint density at radius 2 is 1.56 bits per heavy atom. The zero-order valence-corrected chi connectivity index (χ0v) is 10.2. The van der Waals surface area contributed by atoms with Crippen molar-refractivity contribution in [3.05, 3.63) is 52.5 Å². The number of anilines is 1. The third kappa shape index (κ3) is 2.05. The smallest absolute Gasteiger partial charge is 0.0406 e. The molecule has 0 fully saturated rings. The van der Waals surface area contributed by atoms with E-state index in [2.05, 4.69) is 13.0 Å². The van der Waals surface area contributed by atoms with Crippen LogP contribution in [-0.2, 0) is 0 Å². The third-order valence-electron chi connectivity index (χ3n) is 2.77. The fourth-order valence-electron chi connectivity index (χ4n) is 1.81. The molecule has 82 valence electrons. The Hall–Kier alpha value is -1.47. The van der Waals surface area contributed by atoms with Crippen LogP contribution in [0.15, 0.2) is 36.4 Å². The predicted molar refractivity (Wildman–Crippen MR) is 70.8 cm³/mol. The van der Waals surface area contributed by atoms with Gasteiger partial charge in [0.2, 0.25) is 0 Å². The average molecular weight is 232 g/mol. The van der Waals surface area contributed by atoms with Crippen LogP contribution >= 0.6 is 11.6 Å². The molecule has 0 aliphatic rings. The van der Waals surface area contributed by atoms with Gasteiger partial charge in [-0.05, 0) is 54.3 Å². The van der Waals surface area contributed by atoms with E-state index < -0.39 is 0 Å². The maximum Gasteiger partial charge on any atom is 0.0406 e. The van der Waals surface area contributed by atoms with Crippen molar-refractivity contribution in [2.45, 2.75) is 13.8 Å². The predicted octanol–water partition coefficient (Wildman–Crippen LogP) is 4.21. The van der Waals surface area contributed by atoms with Gasteiger partial charge in [-0.2, -0.15) is 0 Å². The molecule has 2 heteroatoms. The van der Waals surface area contributed by atoms with Gasteiger partial charge in [-0.25, -0.2) is 0 Å². The maximum absolute atomic E-state index is 5.93. The second kappa shape index (κ2) is 4.18. The highest BCUT2D eigenvalue weighted by Crippen LogP contribution is 2.28. The molecule has 0 aromatic heterocycles. The highest BCUT2D eigenvalue weighted by molar-refractivity contribution is 6.30. The van der Waals surface area contributed by atoms with Gasteiger partial charge in [0, 0.05) is 10.7 Å². The summed E-state index contributed by atoms with van der Waals surface area (Å²) in [6, 6.07) is 11.9. The first-order valence-electron chi connectivity index (χ1n) is 5.20. The first-order valence-corrected chi connectivity index (χ1v) is 5.58. The van der Waals surface area contributed by atoms with Crippen LogP contribution < -0.4 is 5.73 Å². The summed E-state index contributed by atoms with van der Waals surface area (Å²) in [7, 11) is 0. The van der Waals surface area contributed by atoms with Gasteiger partial charge < -0.3 is 5.73 Å². The zero-order valence-electron chi connectivity index (χ0n) is 9.42. The lowest BCUT2D eigenvalue weighted by molar-refractivity contribution is 1.38. The van der Waals surface area contributed by atoms with Crippen LogP contribution in [-0.4, -0.2) is 0 Å². The van der Waals surface area contributed by atoms with E-state index in [1.54, 1.807) is 0 Å². The van der Waals surface area contributed by atoms with E-state index in [0.29, 0.717) is 0 Å². The van der Waals surface area contributed by atoms with Gasteiger partial charge in [0.1, 0.15) is 0 Å². The van der Waals surface area contributed by atoms with Gasteiger partial charge in [-0.15, -0.1) is 0 Å². The molecule has 0 atom stereocenters. The number of halogens is 1. The minimum Gasteiger partial charge on any atom is -0.398 e. The maximum atomic E-state index is 5.93. The molecule has 0 saturated carbocycles. The first-order chi connectivity index (χ1) is 7.58. The molecule has 0 saturated heterocycles. The highest BCUT2D eigenvalue weighted by Gasteiger charge is 2.04. The molecule has 0 amide bonds. The number of rotatable bonds is 1. The summed E-state index contributed by atoms with van der Waals surface area (Å²) in [5.41, 5.74) is 11.4. The number of hydrogen-bond acceptors (Lipinski definition) is 1. The highest BCUT2D eigenvalue weighted by atomic mass is 35.5. The number of benzene rings is 2. The Morgan fingerprint density at radius 3 is 2.19 bits per heavy atom. The lowest BCUT2D eigenvalue weighted by Crippen LogP contribution is -1.93. The van der Waals surface area contributed by atoms with E-state index in [1.165, 1.54) is 11.1 Å². The van der Waals surface area contributed by atoms with Gasteiger partial charge in [0.15, 0.2) is 0 Å². The van der Waals surface area contributed by atoms with E-state index in [9.17, 15) is 0 Å². The van der Waals surface area contributed by atoms with Crippen molar-refractivity contribution in [1.29, 1.82) is 0 Å². The second-order valence-corrected chi connectivity index (χ2v) is 4.47. The molecule has 2 aromatic carbocycles. The largest absolute Gasteiger partial charge is 0.398 e. The zero-order chi connectivity index (χ0) is 11.7. The van der Waals surface area contributed by atoms with E-state index in [4.69, 9.17) is 17.3 Å². The molecular weight excluding hydrogens is 218 g/mol. The minimum atomic E-state index is 0.751. The molecule has 1 nitrogen and oxygen atoms in total. The van der Waals surface area contributed by atoms with Crippen LogP contribution in [0.2, 0.25) is 5.02 Å². The average Bonchev–Trinajstić information content (AvgIpc) is 2.25. The first kappa shape index (κ1) is 11.0. The summed E-state index contributed by atoms with van der Waals surface area (Å²) in [5.74, 6) is 0. The molecule has 0 unspecified atom stereocenters. The molecule has 16 heavy (non-hydrogen) atoms. The summed E-state index contributed by atoms with van der Waals surface area (Å²) in [4.78, 5) is 0. The topological polar surface area (TPSA) is 26.0 Å². The van der Waals surface area contributed by atoms with Crippen LogP contribution in [0.3, 0.4) is 0 Å². The summed E-state index contributed by atoms with van der Waals surface area (Å²) in [6.45, 7) is 4.12. The standard InChI is InChI=1S/C14H14ClN/c1-9-7-10(2)14(16)8-13(9)11-3-5-12(15)6-4-11/h3-8H,16H2,1-2H3. The van der Waals surface area contributed by atoms with Crippen LogP contribution in [0.1, 0.15) is 11.1 Å². The molecule has 0 aliphatic carbocycles. The van der Waals surface area contributed by atoms with Crippen LogP contribution in [0.5, 0.6) is 0 Å². The second-order valence-electron chi connectivity index (χ2n) is 4.03. The number of nitrogens with two attached hydrogens (primary N) is 1. The van der Waals surface area contributed by atoms with Crippen molar-refractivity contribution in [2.75, 3.05) is 5.73 Å². The summed E-state index contributed by atoms with van der Waals surface area (Å²) in [5, 5.41) is 0.751. The van der Waals surface area contributed by atoms with Crippen molar-refractivity contribution in [3.63, 3.8) is 0 Å². The molecular formula is C14H14ClN. The van der Waals surface area contributed by atoms with Crippen molar-refractivity contribution < 1.29 is 0 Å². The van der Waals surface area contributed by atoms with Gasteiger partial charge in [0.05, 0.1) is 0 Å². The SMILES string of the molecule is Cc1cc(C)c(-c2ccc(Cl)cc2)cc1N. The third-order valence-corrected chi connectivity index (χ3v) is 3.02. The molecule has 0 heterocycles. The van der Waals surface area contributed by atoms with Crippen LogP contribution in [0, 0.1) is 13.8 Å². The summed E-state index contributed by atoms with van der Waals surface area (Å²) >= 11 is 5.87. The van der Waals surface area contributed by atoms with Crippen LogP contribution in [0.25, 0.3) is 11.1 Å². The monoisotopic (exact) mass is 231 g/mol. The van der Waals surface area contributed by atoms with Crippen molar-refractivity contribution in [2.24, 2.45) is 0 Å². The fourth-order valence-corrected chi connectivity index (χ4v) is 1.94. The Bertz CT molecular complexity index is 515. The van der Waals surface area contributed by atoms with Crippen LogP contribution in [0.4, 0.5) is 5.69 Å². The molecule has 0 spiro atoms. The Labute approximate surface area is 101 Å². The summed E-state index contributed by atoms with van der Waals surface area (Å²) in [6.07, 6.45) is 0. The Balaban J connectivity index is 2.56. The normalized spacial score (nSPS) is 10.4. The number of hydrogen-bond donors (Lipinski definition) is 1. The Morgan fingerprint density at radius 1 is 0.938 bits per heavy atom. The quantitative estimate of drug-likeness (QED) is 0.732. The number of nitrogen functional groups attached to an aromatic ring is 1. The molecule has 0 aliphatic heterocycles. The van der Waals surface area contributed by atoms with Gasteiger partial charge in [0.25, 0.3) is 0 Å². The Kier molecular flexibility index (Phi) is 2.88. The fraction of sp³-hybridized carbons (Fsp3) is 0.143. The van der Waals surface area contributed by atoms with Crippen molar-refractivity contribution in [3.8, 4) is 11.1 Å². The number of aryl methyl sites for hydroxylation is 2. The van der Waals surface area contributed by atoms with Crippen molar-refractivity contribution in [1.82, 2.24) is 0 Å². The molecule has 2 N–H and O–H groups in total. The molecule has 0 bridgehead atoms. The molecule has 2 aromatic rings. The molecule has 2 rings (SSSR count). The van der Waals surface area contributed by atoms with Gasteiger partial charge in [-0.3, -0.25) is 0 Å². The lowest BCUT2D eigenvalue weighted by Gasteiger charge is -2.09. The van der Waals surface area contributed by atoms with E-state index >= 15 is 0 Å².